The number of aromatic nitrogens is 1. The van der Waals surface area contributed by atoms with Gasteiger partial charge >= 0.3 is 0 Å². The number of alkyl halides is 1. The highest BCUT2D eigenvalue weighted by Crippen LogP contribution is 2.36. The number of fused-ring (bicyclic) bond motifs is 1. The van der Waals surface area contributed by atoms with E-state index in [0.717, 1.165) is 22.2 Å². The Hall–Kier alpha value is -2.89. The molecule has 152 valence electrons. The van der Waals surface area contributed by atoms with Gasteiger partial charge in [-0.15, -0.1) is 0 Å². The molecule has 0 saturated carbocycles. The average Bonchev–Trinajstić information content (AvgIpc) is 3.09. The van der Waals surface area contributed by atoms with Crippen LogP contribution in [0.5, 0.6) is 5.75 Å². The fourth-order valence-electron chi connectivity index (χ4n) is 3.34. The zero-order chi connectivity index (χ0) is 21.0. The van der Waals surface area contributed by atoms with E-state index in [4.69, 9.17) is 10.6 Å². The molecule has 29 heavy (non-hydrogen) atoms. The molecule has 2 N–H and O–H groups in total. The Morgan fingerprint density at radius 2 is 1.97 bits per heavy atom. The molecule has 3 rings (SSSR count). The Kier molecular flexibility index (Phi) is 6.52. The molecule has 6 nitrogen and oxygen atoms in total. The Morgan fingerprint density at radius 1 is 1.24 bits per heavy atom. The van der Waals surface area contributed by atoms with Crippen LogP contribution in [0.25, 0.3) is 22.2 Å². The van der Waals surface area contributed by atoms with Gasteiger partial charge in [-0.2, -0.15) is 5.26 Å². The third-order valence-electron chi connectivity index (χ3n) is 4.67. The van der Waals surface area contributed by atoms with Crippen molar-refractivity contribution in [2.75, 3.05) is 23.4 Å². The maximum absolute atomic E-state index is 12.4. The highest BCUT2D eigenvalue weighted by Gasteiger charge is 2.19. The SMILES string of the molecule is CCn1c(-c2ccc(N(N)S(=O)CC)cc2)c(C#N)c2ccc(OCCF)cc21. The van der Waals surface area contributed by atoms with Crippen LogP contribution in [0, 0.1) is 11.3 Å². The van der Waals surface area contributed by atoms with Crippen molar-refractivity contribution in [3.05, 3.63) is 48.0 Å². The van der Waals surface area contributed by atoms with E-state index < -0.39 is 17.7 Å². The summed E-state index contributed by atoms with van der Waals surface area (Å²) < 4.78 is 33.0. The van der Waals surface area contributed by atoms with Crippen molar-refractivity contribution < 1.29 is 13.3 Å². The lowest BCUT2D eigenvalue weighted by atomic mass is 10.1. The number of aryl methyl sites for hydroxylation is 1. The van der Waals surface area contributed by atoms with Crippen molar-refractivity contribution in [2.45, 2.75) is 20.4 Å². The third kappa shape index (κ3) is 3.97. The molecule has 0 aliphatic heterocycles. The second kappa shape index (κ2) is 9.07. The van der Waals surface area contributed by atoms with Crippen LogP contribution in [0.1, 0.15) is 19.4 Å². The van der Waals surface area contributed by atoms with E-state index >= 15 is 0 Å². The van der Waals surface area contributed by atoms with Gasteiger partial charge in [-0.3, -0.25) is 0 Å². The number of rotatable bonds is 8. The quantitative estimate of drug-likeness (QED) is 0.447. The zero-order valence-corrected chi connectivity index (χ0v) is 17.2. The first-order valence-corrected chi connectivity index (χ1v) is 10.6. The standard InChI is InChI=1S/C21H23FN4O2S/c1-3-25-20-13-17(28-12-11-22)9-10-18(20)19(14-23)21(25)15-5-7-16(8-6-15)26(24)29(27)4-2/h5-10,13H,3-4,11-12,24H2,1-2H3. The maximum atomic E-state index is 12.4. The molecule has 2 aromatic carbocycles. The van der Waals surface area contributed by atoms with E-state index in [0.29, 0.717) is 29.3 Å². The molecule has 0 aliphatic rings. The monoisotopic (exact) mass is 414 g/mol. The van der Waals surface area contributed by atoms with Gasteiger partial charge in [-0.05, 0) is 36.8 Å². The Bertz CT molecular complexity index is 1070. The summed E-state index contributed by atoms with van der Waals surface area (Å²) >= 11 is 0. The molecule has 3 aromatic rings. The van der Waals surface area contributed by atoms with Crippen molar-refractivity contribution in [2.24, 2.45) is 5.84 Å². The number of nitrogens with two attached hydrogens (primary N) is 1. The van der Waals surface area contributed by atoms with Gasteiger partial charge in [0, 0.05) is 23.8 Å². The summed E-state index contributed by atoms with van der Waals surface area (Å²) in [4.78, 5) is 0. The predicted molar refractivity (Wildman–Crippen MR) is 115 cm³/mol. The fraction of sp³-hybridized carbons (Fsp3) is 0.286. The number of ether oxygens (including phenoxy) is 1. The number of hydrogen-bond acceptors (Lipinski definition) is 4. The molecule has 1 atom stereocenters. The molecule has 0 bridgehead atoms. The topological polar surface area (TPSA) is 84.3 Å². The number of nitrogens with zero attached hydrogens (tertiary/aromatic N) is 3. The van der Waals surface area contributed by atoms with Crippen LogP contribution >= 0.6 is 0 Å². The highest BCUT2D eigenvalue weighted by molar-refractivity contribution is 7.86. The van der Waals surface area contributed by atoms with E-state index in [1.807, 2.05) is 35.8 Å². The van der Waals surface area contributed by atoms with Crippen molar-refractivity contribution in [1.29, 1.82) is 5.26 Å². The second-order valence-corrected chi connectivity index (χ2v) is 7.89. The molecule has 0 spiro atoms. The fourth-order valence-corrected chi connectivity index (χ4v) is 3.98. The minimum atomic E-state index is -1.29. The zero-order valence-electron chi connectivity index (χ0n) is 16.4. The van der Waals surface area contributed by atoms with Crippen LogP contribution in [-0.4, -0.2) is 27.8 Å². The normalized spacial score (nSPS) is 12.0. The van der Waals surface area contributed by atoms with E-state index in [1.54, 1.807) is 25.1 Å². The van der Waals surface area contributed by atoms with Crippen LogP contribution in [0.3, 0.4) is 0 Å². The molecule has 0 saturated heterocycles. The third-order valence-corrected chi connectivity index (χ3v) is 5.82. The van der Waals surface area contributed by atoms with Crippen LogP contribution < -0.4 is 15.0 Å². The Balaban J connectivity index is 2.11. The molecular formula is C21H23FN4O2S. The Morgan fingerprint density at radius 3 is 2.55 bits per heavy atom. The number of benzene rings is 2. The largest absolute Gasteiger partial charge is 0.491 e. The molecule has 1 aromatic heterocycles. The average molecular weight is 415 g/mol. The van der Waals surface area contributed by atoms with E-state index in [-0.39, 0.29) is 6.61 Å². The lowest BCUT2D eigenvalue weighted by molar-refractivity contribution is 0.273. The first-order chi connectivity index (χ1) is 14.0. The molecular weight excluding hydrogens is 391 g/mol. The van der Waals surface area contributed by atoms with E-state index in [9.17, 15) is 13.9 Å². The smallest absolute Gasteiger partial charge is 0.133 e. The summed E-state index contributed by atoms with van der Waals surface area (Å²) in [7, 11) is -1.29. The summed E-state index contributed by atoms with van der Waals surface area (Å²) in [5, 5.41) is 10.6. The number of hydrogen-bond donors (Lipinski definition) is 1. The molecule has 0 aliphatic carbocycles. The van der Waals surface area contributed by atoms with Crippen LogP contribution in [0.2, 0.25) is 0 Å². The minimum absolute atomic E-state index is 0.00745. The van der Waals surface area contributed by atoms with Gasteiger partial charge in [0.15, 0.2) is 0 Å². The van der Waals surface area contributed by atoms with Crippen LogP contribution in [0.4, 0.5) is 10.1 Å². The predicted octanol–water partition coefficient (Wildman–Crippen LogP) is 3.91. The molecule has 1 unspecified atom stereocenters. The first-order valence-electron chi connectivity index (χ1n) is 9.34. The molecule has 0 amide bonds. The number of nitriles is 1. The van der Waals surface area contributed by atoms with E-state index in [1.165, 1.54) is 4.41 Å². The van der Waals surface area contributed by atoms with Crippen molar-refractivity contribution in [3.8, 4) is 23.1 Å². The molecule has 0 radical (unpaired) electrons. The molecule has 0 fully saturated rings. The highest BCUT2D eigenvalue weighted by atomic mass is 32.2. The van der Waals surface area contributed by atoms with Gasteiger partial charge < -0.3 is 9.30 Å². The van der Waals surface area contributed by atoms with E-state index in [2.05, 4.69) is 6.07 Å². The van der Waals surface area contributed by atoms with Gasteiger partial charge in [0.2, 0.25) is 0 Å². The first kappa shape index (κ1) is 20.8. The van der Waals surface area contributed by atoms with Crippen LogP contribution in [0.15, 0.2) is 42.5 Å². The number of halogens is 1. The lowest BCUT2D eigenvalue weighted by Crippen LogP contribution is -2.33. The molecule has 8 heteroatoms. The van der Waals surface area contributed by atoms with Crippen molar-refractivity contribution in [1.82, 2.24) is 4.57 Å². The minimum Gasteiger partial charge on any atom is -0.491 e. The van der Waals surface area contributed by atoms with Gasteiger partial charge in [0.05, 0.1) is 22.5 Å². The summed E-state index contributed by atoms with van der Waals surface area (Å²) in [6.45, 7) is 3.88. The van der Waals surface area contributed by atoms with Gasteiger partial charge in [0.1, 0.15) is 36.1 Å². The van der Waals surface area contributed by atoms with Gasteiger partial charge in [-0.1, -0.05) is 19.1 Å². The maximum Gasteiger partial charge on any atom is 0.133 e. The number of anilines is 1. The Labute approximate surface area is 171 Å². The summed E-state index contributed by atoms with van der Waals surface area (Å²) in [5.74, 6) is 6.89. The number of hydrazine groups is 1. The van der Waals surface area contributed by atoms with Crippen molar-refractivity contribution >= 4 is 27.6 Å². The molecule has 1 heterocycles. The van der Waals surface area contributed by atoms with Crippen molar-refractivity contribution in [3.63, 3.8) is 0 Å². The summed E-state index contributed by atoms with van der Waals surface area (Å²) in [5.41, 5.74) is 3.69. The lowest BCUT2D eigenvalue weighted by Gasteiger charge is -2.17. The van der Waals surface area contributed by atoms with Crippen LogP contribution in [-0.2, 0) is 17.5 Å². The van der Waals surface area contributed by atoms with Gasteiger partial charge in [0.25, 0.3) is 0 Å². The van der Waals surface area contributed by atoms with Gasteiger partial charge in [-0.25, -0.2) is 18.9 Å². The summed E-state index contributed by atoms with van der Waals surface area (Å²) in [6, 6.07) is 15.0. The second-order valence-electron chi connectivity index (χ2n) is 6.28. The summed E-state index contributed by atoms with van der Waals surface area (Å²) in [6.07, 6.45) is 0.